The number of allylic oxidation sites excluding steroid dienone is 1. The molecule has 3 heterocycles. The molecule has 1 aromatic rings. The van der Waals surface area contributed by atoms with Gasteiger partial charge in [0.1, 0.15) is 0 Å². The Morgan fingerprint density at radius 1 is 1.20 bits per heavy atom. The molecule has 7 nitrogen and oxygen atoms in total. The second-order valence-corrected chi connectivity index (χ2v) is 9.20. The monoisotopic (exact) mass is 508 g/mol. The number of amides is 1. The highest BCUT2D eigenvalue weighted by Gasteiger charge is 2.49. The third kappa shape index (κ3) is 5.72. The van der Waals surface area contributed by atoms with Gasteiger partial charge < -0.3 is 19.9 Å². The van der Waals surface area contributed by atoms with Crippen molar-refractivity contribution in [3.05, 3.63) is 58.3 Å². The zero-order chi connectivity index (χ0) is 25.0. The third-order valence-corrected chi connectivity index (χ3v) is 6.87. The fourth-order valence-electron chi connectivity index (χ4n) is 4.43. The quantitative estimate of drug-likeness (QED) is 0.536. The van der Waals surface area contributed by atoms with Crippen molar-refractivity contribution in [1.29, 1.82) is 0 Å². The number of likely N-dealkylation sites (tertiary alicyclic amines) is 1. The average molecular weight is 509 g/mol. The minimum atomic E-state index is -4.86. The first-order valence-electron chi connectivity index (χ1n) is 11.6. The molecule has 1 fully saturated rings. The van der Waals surface area contributed by atoms with Crippen molar-refractivity contribution in [2.45, 2.75) is 38.4 Å². The van der Waals surface area contributed by atoms with Gasteiger partial charge in [0.05, 0.1) is 24.6 Å². The zero-order valence-electron chi connectivity index (χ0n) is 19.3. The van der Waals surface area contributed by atoms with Gasteiger partial charge in [0.15, 0.2) is 10.9 Å². The highest BCUT2D eigenvalue weighted by atomic mass is 32.2. The van der Waals surface area contributed by atoms with E-state index >= 15 is 0 Å². The number of nitrogens with one attached hydrogen (secondary N) is 1. The van der Waals surface area contributed by atoms with Crippen molar-refractivity contribution in [3.63, 3.8) is 0 Å². The third-order valence-electron chi connectivity index (χ3n) is 5.98. The van der Waals surface area contributed by atoms with E-state index < -0.39 is 29.5 Å². The van der Waals surface area contributed by atoms with Crippen molar-refractivity contribution in [2.24, 2.45) is 4.99 Å². The first-order valence-corrected chi connectivity index (χ1v) is 12.4. The number of thioether (sulfide) groups is 1. The van der Waals surface area contributed by atoms with Crippen LogP contribution in [0.15, 0.2) is 57.7 Å². The van der Waals surface area contributed by atoms with Crippen molar-refractivity contribution in [1.82, 2.24) is 15.1 Å². The normalized spacial score (nSPS) is 20.5. The fraction of sp³-hybridized carbons (Fsp3) is 0.458. The number of aliphatic imine (C=N–C) groups is 1. The van der Waals surface area contributed by atoms with Crippen molar-refractivity contribution in [3.8, 4) is 0 Å². The molecule has 1 atom stereocenters. The number of carbonyl (C=O) groups is 2. The topological polar surface area (TPSA) is 74.2 Å². The lowest BCUT2D eigenvalue weighted by molar-refractivity contribution is -0.140. The lowest BCUT2D eigenvalue weighted by Crippen LogP contribution is -2.40. The van der Waals surface area contributed by atoms with Gasteiger partial charge in [0.25, 0.3) is 0 Å². The van der Waals surface area contributed by atoms with Crippen molar-refractivity contribution >= 4 is 28.8 Å². The molecule has 0 aliphatic carbocycles. The summed E-state index contributed by atoms with van der Waals surface area (Å²) in [5.74, 6) is -1.32. The van der Waals surface area contributed by atoms with Crippen molar-refractivity contribution in [2.75, 3.05) is 32.8 Å². The van der Waals surface area contributed by atoms with Gasteiger partial charge in [-0.25, -0.2) is 9.79 Å². The lowest BCUT2D eigenvalue weighted by Gasteiger charge is -2.37. The molecule has 1 N–H and O–H groups in total. The van der Waals surface area contributed by atoms with Crippen LogP contribution in [0.2, 0.25) is 0 Å². The number of amidine groups is 1. The zero-order valence-corrected chi connectivity index (χ0v) is 20.1. The number of carbonyl (C=O) groups excluding carboxylic acids is 2. The summed E-state index contributed by atoms with van der Waals surface area (Å²) >= 11 is 1.01. The number of nitrogens with zero attached hydrogens (tertiary/aromatic N) is 3. The molecule has 0 aromatic heterocycles. The van der Waals surface area contributed by atoms with Gasteiger partial charge in [-0.15, -0.1) is 0 Å². The number of benzene rings is 1. The van der Waals surface area contributed by atoms with Crippen LogP contribution < -0.4 is 5.32 Å². The minimum absolute atomic E-state index is 0.0488. The average Bonchev–Trinajstić information content (AvgIpc) is 3.48. The smallest absolute Gasteiger partial charge is 0.434 e. The summed E-state index contributed by atoms with van der Waals surface area (Å²) in [6.07, 6.45) is -2.59. The largest absolute Gasteiger partial charge is 0.463 e. The van der Waals surface area contributed by atoms with Crippen LogP contribution in [0.3, 0.4) is 0 Å². The van der Waals surface area contributed by atoms with Crippen molar-refractivity contribution < 1.29 is 27.5 Å². The molecule has 1 saturated heterocycles. The van der Waals surface area contributed by atoms with E-state index in [1.165, 1.54) is 6.92 Å². The molecule has 1 amide bonds. The molecule has 1 unspecified atom stereocenters. The summed E-state index contributed by atoms with van der Waals surface area (Å²) in [4.78, 5) is 33.2. The second-order valence-electron chi connectivity index (χ2n) is 8.36. The molecule has 188 valence electrons. The molecule has 0 bridgehead atoms. The number of fused-ring (bicyclic) bond motifs is 1. The Morgan fingerprint density at radius 3 is 2.57 bits per heavy atom. The predicted molar refractivity (Wildman–Crippen MR) is 127 cm³/mol. The first kappa shape index (κ1) is 25.3. The van der Waals surface area contributed by atoms with Crippen LogP contribution in [0.1, 0.15) is 37.8 Å². The van der Waals surface area contributed by atoms with Gasteiger partial charge in [-0.05, 0) is 43.8 Å². The Bertz CT molecular complexity index is 1050. The Kier molecular flexibility index (Phi) is 7.85. The van der Waals surface area contributed by atoms with Gasteiger partial charge in [0.2, 0.25) is 5.91 Å². The molecular weight excluding hydrogens is 481 g/mol. The molecular formula is C24H27F3N4O3S. The van der Waals surface area contributed by atoms with Crippen LogP contribution in [0.25, 0.3) is 0 Å². The van der Waals surface area contributed by atoms with Crippen LogP contribution >= 0.6 is 11.8 Å². The number of alkyl halides is 3. The Labute approximate surface area is 206 Å². The summed E-state index contributed by atoms with van der Waals surface area (Å²) in [5.41, 5.74) is -0.915. The molecule has 4 rings (SSSR count). The van der Waals surface area contributed by atoms with Gasteiger partial charge in [-0.2, -0.15) is 13.2 Å². The van der Waals surface area contributed by atoms with Gasteiger partial charge in [0, 0.05) is 18.8 Å². The molecule has 35 heavy (non-hydrogen) atoms. The molecule has 0 saturated carbocycles. The highest BCUT2D eigenvalue weighted by Crippen LogP contribution is 2.48. The van der Waals surface area contributed by atoms with Crippen LogP contribution in [-0.2, 0) is 14.3 Å². The summed E-state index contributed by atoms with van der Waals surface area (Å²) in [7, 11) is 0. The van der Waals surface area contributed by atoms with E-state index in [9.17, 15) is 22.8 Å². The van der Waals surface area contributed by atoms with Gasteiger partial charge in [-0.3, -0.25) is 4.79 Å². The lowest BCUT2D eigenvalue weighted by atomic mass is 9.93. The molecule has 3 aliphatic heterocycles. The highest BCUT2D eigenvalue weighted by molar-refractivity contribution is 8.16. The Balaban J connectivity index is 1.61. The van der Waals surface area contributed by atoms with E-state index in [1.54, 1.807) is 40.6 Å². The molecule has 3 aliphatic rings. The van der Waals surface area contributed by atoms with Crippen LogP contribution in [-0.4, -0.2) is 65.8 Å². The van der Waals surface area contributed by atoms with Gasteiger partial charge >= 0.3 is 12.1 Å². The maximum absolute atomic E-state index is 14.0. The number of esters is 1. The standard InChI is InChI=1S/C24H27F3N4O3S/c1-2-34-22(33)19-20(16-8-4-3-5-9-16)31-17(15-35-23(31)29-21(19)24(25,26)27)14-18(32)28-10-13-30-11-6-7-12-30/h3-5,8-9,15,20H,2,6-7,10-14H2,1H3,(H,28,32). The summed E-state index contributed by atoms with van der Waals surface area (Å²) in [6, 6.07) is 7.29. The predicted octanol–water partition coefficient (Wildman–Crippen LogP) is 3.97. The maximum atomic E-state index is 14.0. The SMILES string of the molecule is CCOC(=O)C1=C(C(F)(F)F)N=C2SC=C(CC(=O)NCCN3CCCC3)N2C1c1ccccc1. The van der Waals surface area contributed by atoms with E-state index in [0.29, 0.717) is 17.8 Å². The summed E-state index contributed by atoms with van der Waals surface area (Å²) < 4.78 is 47.1. The first-order chi connectivity index (χ1) is 16.8. The Morgan fingerprint density at radius 2 is 1.91 bits per heavy atom. The van der Waals surface area contributed by atoms with Crippen LogP contribution in [0, 0.1) is 0 Å². The molecule has 0 spiro atoms. The van der Waals surface area contributed by atoms with E-state index in [0.717, 1.165) is 44.2 Å². The maximum Gasteiger partial charge on any atom is 0.434 e. The number of hydrogen-bond acceptors (Lipinski definition) is 7. The van der Waals surface area contributed by atoms with E-state index in [-0.39, 0.29) is 24.1 Å². The number of ether oxygens (including phenoxy) is 1. The minimum Gasteiger partial charge on any atom is -0.463 e. The summed E-state index contributed by atoms with van der Waals surface area (Å²) in [6.45, 7) is 4.75. The second kappa shape index (κ2) is 10.9. The number of rotatable bonds is 8. The molecule has 1 aromatic carbocycles. The van der Waals surface area contributed by atoms with E-state index in [1.807, 2.05) is 0 Å². The number of halogens is 3. The van der Waals surface area contributed by atoms with E-state index in [4.69, 9.17) is 4.74 Å². The van der Waals surface area contributed by atoms with E-state index in [2.05, 4.69) is 15.2 Å². The molecule has 11 heteroatoms. The van der Waals surface area contributed by atoms with Crippen LogP contribution in [0.4, 0.5) is 13.2 Å². The van der Waals surface area contributed by atoms with Gasteiger partial charge in [-0.1, -0.05) is 42.1 Å². The fourth-order valence-corrected chi connectivity index (χ4v) is 5.34. The summed E-state index contributed by atoms with van der Waals surface area (Å²) in [5, 5.41) is 4.58. The Hall–Kier alpha value is -2.79. The number of hydrogen-bond donors (Lipinski definition) is 1. The molecule has 0 radical (unpaired) electrons. The van der Waals surface area contributed by atoms with Crippen LogP contribution in [0.5, 0.6) is 0 Å².